The second kappa shape index (κ2) is 7.53. The van der Waals surface area contributed by atoms with E-state index in [2.05, 4.69) is 15.3 Å². The molecule has 3 rings (SSSR count). The van der Waals surface area contributed by atoms with Crippen molar-refractivity contribution in [3.05, 3.63) is 35.6 Å². The molecule has 0 bridgehead atoms. The molecule has 0 unspecified atom stereocenters. The number of hydrogen-bond acceptors (Lipinski definition) is 5. The number of likely N-dealkylation sites (tertiary alicyclic amines) is 1. The number of nitrogens with zero attached hydrogens (tertiary/aromatic N) is 3. The Balaban J connectivity index is 1.50. The fraction of sp³-hybridized carbons (Fsp3) is 0.412. The molecule has 126 valence electrons. The van der Waals surface area contributed by atoms with Crippen LogP contribution < -0.4 is 5.32 Å². The first-order valence-electron chi connectivity index (χ1n) is 8.01. The minimum atomic E-state index is -0.0149. The quantitative estimate of drug-likeness (QED) is 0.921. The zero-order valence-corrected chi connectivity index (χ0v) is 14.4. The van der Waals surface area contributed by atoms with Gasteiger partial charge in [0.1, 0.15) is 5.01 Å². The lowest BCUT2D eigenvalue weighted by molar-refractivity contribution is -0.134. The number of amides is 2. The summed E-state index contributed by atoms with van der Waals surface area (Å²) in [6.07, 6.45) is 4.94. The van der Waals surface area contributed by atoms with Gasteiger partial charge in [0.2, 0.25) is 11.8 Å². The van der Waals surface area contributed by atoms with Crippen LogP contribution in [0.5, 0.6) is 0 Å². The summed E-state index contributed by atoms with van der Waals surface area (Å²) in [7, 11) is 0. The number of pyridine rings is 1. The van der Waals surface area contributed by atoms with E-state index >= 15 is 0 Å². The average Bonchev–Trinajstić information content (AvgIpc) is 3.09. The number of piperidine rings is 1. The smallest absolute Gasteiger partial charge is 0.223 e. The Bertz CT molecular complexity index is 708. The zero-order valence-electron chi connectivity index (χ0n) is 13.6. The summed E-state index contributed by atoms with van der Waals surface area (Å²) in [6, 6.07) is 3.84. The fourth-order valence-electron chi connectivity index (χ4n) is 2.79. The first kappa shape index (κ1) is 16.6. The normalized spacial score (nSPS) is 15.3. The molecule has 0 saturated carbocycles. The molecule has 0 spiro atoms. The molecular formula is C17H20N4O2S. The molecule has 1 aliphatic heterocycles. The van der Waals surface area contributed by atoms with E-state index in [9.17, 15) is 9.59 Å². The Labute approximate surface area is 144 Å². The number of thiazole rings is 1. The van der Waals surface area contributed by atoms with Gasteiger partial charge in [0.05, 0.1) is 12.2 Å². The number of carbonyl (C=O) groups excluding carboxylic acids is 2. The zero-order chi connectivity index (χ0) is 16.9. The first-order chi connectivity index (χ1) is 11.6. The largest absolute Gasteiger partial charge is 0.350 e. The van der Waals surface area contributed by atoms with Crippen molar-refractivity contribution in [1.82, 2.24) is 20.2 Å². The van der Waals surface area contributed by atoms with E-state index in [4.69, 9.17) is 0 Å². The van der Waals surface area contributed by atoms with E-state index < -0.39 is 0 Å². The summed E-state index contributed by atoms with van der Waals surface area (Å²) in [4.78, 5) is 34.0. The summed E-state index contributed by atoms with van der Waals surface area (Å²) in [5.74, 6) is 0.121. The molecule has 2 aromatic rings. The van der Waals surface area contributed by atoms with Gasteiger partial charge in [0, 0.05) is 49.3 Å². The van der Waals surface area contributed by atoms with Gasteiger partial charge in [-0.05, 0) is 25.0 Å². The monoisotopic (exact) mass is 344 g/mol. The van der Waals surface area contributed by atoms with Gasteiger partial charge in [-0.3, -0.25) is 14.6 Å². The van der Waals surface area contributed by atoms with Crippen molar-refractivity contribution < 1.29 is 9.59 Å². The lowest BCUT2D eigenvalue weighted by Crippen LogP contribution is -2.42. The fourth-order valence-corrected chi connectivity index (χ4v) is 3.62. The molecule has 0 aliphatic carbocycles. The molecule has 2 amide bonds. The number of hydrogen-bond donors (Lipinski definition) is 1. The van der Waals surface area contributed by atoms with Gasteiger partial charge in [-0.2, -0.15) is 0 Å². The number of aromatic nitrogens is 2. The van der Waals surface area contributed by atoms with Crippen LogP contribution in [0.2, 0.25) is 0 Å². The van der Waals surface area contributed by atoms with E-state index in [1.807, 2.05) is 17.5 Å². The molecule has 7 heteroatoms. The van der Waals surface area contributed by atoms with Gasteiger partial charge in [0.25, 0.3) is 0 Å². The Morgan fingerprint density at radius 2 is 2.00 bits per heavy atom. The molecule has 1 aliphatic rings. The Morgan fingerprint density at radius 3 is 2.67 bits per heavy atom. The van der Waals surface area contributed by atoms with E-state index in [1.165, 1.54) is 0 Å². The molecule has 0 radical (unpaired) electrons. The van der Waals surface area contributed by atoms with Crippen molar-refractivity contribution in [3.63, 3.8) is 0 Å². The topological polar surface area (TPSA) is 75.2 Å². The van der Waals surface area contributed by atoms with Crippen LogP contribution in [0.15, 0.2) is 29.9 Å². The van der Waals surface area contributed by atoms with Crippen LogP contribution in [-0.2, 0) is 16.1 Å². The summed E-state index contributed by atoms with van der Waals surface area (Å²) in [6.45, 7) is 3.34. The highest BCUT2D eigenvalue weighted by Crippen LogP contribution is 2.23. The van der Waals surface area contributed by atoms with Gasteiger partial charge >= 0.3 is 0 Å². The van der Waals surface area contributed by atoms with Crippen molar-refractivity contribution >= 4 is 23.2 Å². The van der Waals surface area contributed by atoms with Crippen LogP contribution in [0.4, 0.5) is 0 Å². The highest BCUT2D eigenvalue weighted by Gasteiger charge is 2.25. The number of nitrogens with one attached hydrogen (secondary N) is 1. The molecule has 1 N–H and O–H groups in total. The summed E-state index contributed by atoms with van der Waals surface area (Å²) >= 11 is 1.56. The third-order valence-corrected chi connectivity index (χ3v) is 5.17. The minimum Gasteiger partial charge on any atom is -0.350 e. The van der Waals surface area contributed by atoms with Crippen molar-refractivity contribution in [2.45, 2.75) is 26.3 Å². The molecule has 3 heterocycles. The average molecular weight is 344 g/mol. The van der Waals surface area contributed by atoms with Crippen LogP contribution in [-0.4, -0.2) is 39.8 Å². The molecule has 24 heavy (non-hydrogen) atoms. The van der Waals surface area contributed by atoms with E-state index in [0.717, 1.165) is 29.1 Å². The lowest BCUT2D eigenvalue weighted by Gasteiger charge is -2.30. The highest BCUT2D eigenvalue weighted by molar-refractivity contribution is 7.13. The Kier molecular flexibility index (Phi) is 5.20. The Morgan fingerprint density at radius 1 is 1.29 bits per heavy atom. The molecule has 0 aromatic carbocycles. The maximum absolute atomic E-state index is 12.3. The predicted octanol–water partition coefficient (Wildman–Crippen LogP) is 2.08. The maximum atomic E-state index is 12.3. The van der Waals surface area contributed by atoms with Gasteiger partial charge in [-0.25, -0.2) is 4.98 Å². The van der Waals surface area contributed by atoms with Gasteiger partial charge in [0.15, 0.2) is 0 Å². The molecular weight excluding hydrogens is 324 g/mol. The third-order valence-electron chi connectivity index (χ3n) is 4.23. The van der Waals surface area contributed by atoms with Gasteiger partial charge < -0.3 is 10.2 Å². The molecule has 1 saturated heterocycles. The molecule has 1 fully saturated rings. The van der Waals surface area contributed by atoms with Crippen molar-refractivity contribution in [2.75, 3.05) is 13.1 Å². The summed E-state index contributed by atoms with van der Waals surface area (Å²) in [5, 5.41) is 5.86. The number of rotatable bonds is 4. The summed E-state index contributed by atoms with van der Waals surface area (Å²) in [5.41, 5.74) is 1.89. The van der Waals surface area contributed by atoms with Crippen LogP contribution in [0, 0.1) is 5.92 Å². The van der Waals surface area contributed by atoms with E-state index in [1.54, 1.807) is 35.6 Å². The predicted molar refractivity (Wildman–Crippen MR) is 92.2 cm³/mol. The van der Waals surface area contributed by atoms with E-state index in [-0.39, 0.29) is 17.7 Å². The second-order valence-corrected chi connectivity index (χ2v) is 6.74. The minimum absolute atomic E-state index is 0.0149. The van der Waals surface area contributed by atoms with Crippen LogP contribution in [0.3, 0.4) is 0 Å². The number of carbonyl (C=O) groups is 2. The van der Waals surface area contributed by atoms with Crippen molar-refractivity contribution in [1.29, 1.82) is 0 Å². The van der Waals surface area contributed by atoms with Crippen LogP contribution in [0.25, 0.3) is 10.6 Å². The van der Waals surface area contributed by atoms with Crippen LogP contribution >= 0.6 is 11.3 Å². The van der Waals surface area contributed by atoms with Crippen LogP contribution in [0.1, 0.15) is 25.5 Å². The third kappa shape index (κ3) is 3.97. The lowest BCUT2D eigenvalue weighted by atomic mass is 9.96. The standard InChI is InChI=1S/C17H20N4O2S/c1-12(22)21-8-4-13(5-9-21)16(23)19-10-15-11-24-17(20-15)14-2-6-18-7-3-14/h2-3,6-7,11,13H,4-5,8-10H2,1H3,(H,19,23). The highest BCUT2D eigenvalue weighted by atomic mass is 32.1. The SMILES string of the molecule is CC(=O)N1CCC(C(=O)NCc2csc(-c3ccncc3)n2)CC1. The first-order valence-corrected chi connectivity index (χ1v) is 8.89. The van der Waals surface area contributed by atoms with E-state index in [0.29, 0.717) is 19.6 Å². The van der Waals surface area contributed by atoms with Gasteiger partial charge in [-0.15, -0.1) is 11.3 Å². The second-order valence-electron chi connectivity index (χ2n) is 5.88. The summed E-state index contributed by atoms with van der Waals surface area (Å²) < 4.78 is 0. The Hall–Kier alpha value is -2.28. The van der Waals surface area contributed by atoms with Gasteiger partial charge in [-0.1, -0.05) is 0 Å². The van der Waals surface area contributed by atoms with Crippen molar-refractivity contribution in [2.24, 2.45) is 5.92 Å². The maximum Gasteiger partial charge on any atom is 0.223 e. The molecule has 0 atom stereocenters. The molecule has 2 aromatic heterocycles. The molecule has 6 nitrogen and oxygen atoms in total. The van der Waals surface area contributed by atoms with Crippen molar-refractivity contribution in [3.8, 4) is 10.6 Å².